The summed E-state index contributed by atoms with van der Waals surface area (Å²) in [5, 5.41) is 3.47. The van der Waals surface area contributed by atoms with Gasteiger partial charge in [0.1, 0.15) is 10.7 Å². The minimum absolute atomic E-state index is 0.192. The molecule has 2 rings (SSSR count). The fraction of sp³-hybridized carbons (Fsp3) is 0.231. The van der Waals surface area contributed by atoms with Gasteiger partial charge in [0.05, 0.1) is 14.2 Å². The molecule has 1 aromatic carbocycles. The predicted octanol–water partition coefficient (Wildman–Crippen LogP) is 2.02. The molecule has 0 bridgehead atoms. The maximum atomic E-state index is 12.4. The van der Waals surface area contributed by atoms with E-state index in [1.807, 2.05) is 0 Å². The molecule has 0 saturated heterocycles. The molecule has 0 fully saturated rings. The Morgan fingerprint density at radius 2 is 2.00 bits per heavy atom. The molecule has 1 aromatic heterocycles. The average Bonchev–Trinajstić information content (AvgIpc) is 2.86. The van der Waals surface area contributed by atoms with Gasteiger partial charge in [0.2, 0.25) is 5.78 Å². The minimum Gasteiger partial charge on any atom is -0.493 e. The van der Waals surface area contributed by atoms with Gasteiger partial charge in [-0.1, -0.05) is 11.3 Å². The summed E-state index contributed by atoms with van der Waals surface area (Å²) in [7, 11) is 4.79. The highest BCUT2D eigenvalue weighted by molar-refractivity contribution is 7.18. The van der Waals surface area contributed by atoms with Crippen molar-refractivity contribution in [2.45, 2.75) is 0 Å². The number of thiazole rings is 1. The third-order valence-corrected chi connectivity index (χ3v) is 3.81. The van der Waals surface area contributed by atoms with Gasteiger partial charge < -0.3 is 20.5 Å². The number of carbonyl (C=O) groups is 1. The van der Waals surface area contributed by atoms with Crippen molar-refractivity contribution < 1.29 is 14.3 Å². The van der Waals surface area contributed by atoms with Crippen molar-refractivity contribution in [3.8, 4) is 11.5 Å². The van der Waals surface area contributed by atoms with Crippen LogP contribution in [0.1, 0.15) is 15.2 Å². The van der Waals surface area contributed by atoms with Crippen molar-refractivity contribution in [2.75, 3.05) is 32.3 Å². The highest BCUT2D eigenvalue weighted by atomic mass is 32.1. The molecule has 0 amide bonds. The highest BCUT2D eigenvalue weighted by Gasteiger charge is 2.19. The van der Waals surface area contributed by atoms with E-state index in [4.69, 9.17) is 15.2 Å². The van der Waals surface area contributed by atoms with Crippen LogP contribution in [-0.4, -0.2) is 32.0 Å². The molecule has 0 unspecified atom stereocenters. The molecule has 0 atom stereocenters. The number of benzene rings is 1. The molecule has 0 saturated carbocycles. The van der Waals surface area contributed by atoms with Crippen LogP contribution in [0, 0.1) is 0 Å². The molecule has 3 N–H and O–H groups in total. The topological polar surface area (TPSA) is 86.5 Å². The SMILES string of the molecule is CNc1nc(N)c(C(=O)c2ccc(OC)c(OC)c2)s1. The number of carbonyl (C=O) groups excluding carboxylic acids is 1. The smallest absolute Gasteiger partial charge is 0.206 e. The first-order valence-electron chi connectivity index (χ1n) is 5.81. The van der Waals surface area contributed by atoms with E-state index in [9.17, 15) is 4.79 Å². The van der Waals surface area contributed by atoms with Crippen molar-refractivity contribution in [1.29, 1.82) is 0 Å². The first kappa shape index (κ1) is 14.1. The van der Waals surface area contributed by atoms with Crippen LogP contribution in [0.25, 0.3) is 0 Å². The van der Waals surface area contributed by atoms with E-state index < -0.39 is 0 Å². The van der Waals surface area contributed by atoms with E-state index in [0.717, 1.165) is 0 Å². The minimum atomic E-state index is -0.192. The van der Waals surface area contributed by atoms with Crippen molar-refractivity contribution >= 4 is 28.1 Å². The van der Waals surface area contributed by atoms with Crippen LogP contribution < -0.4 is 20.5 Å². The molecular formula is C13H15N3O3S. The Morgan fingerprint density at radius 3 is 2.55 bits per heavy atom. The molecular weight excluding hydrogens is 278 g/mol. The van der Waals surface area contributed by atoms with Crippen LogP contribution >= 0.6 is 11.3 Å². The summed E-state index contributed by atoms with van der Waals surface area (Å²) in [4.78, 5) is 16.9. The van der Waals surface area contributed by atoms with E-state index in [0.29, 0.717) is 27.1 Å². The number of ketones is 1. The Kier molecular flexibility index (Phi) is 4.09. The van der Waals surface area contributed by atoms with Gasteiger partial charge in [0.25, 0.3) is 0 Å². The van der Waals surface area contributed by atoms with E-state index in [1.54, 1.807) is 32.4 Å². The second-order valence-corrected chi connectivity index (χ2v) is 4.88. The molecule has 0 spiro atoms. The third-order valence-electron chi connectivity index (χ3n) is 2.72. The molecule has 0 aliphatic heterocycles. The number of nitrogens with one attached hydrogen (secondary N) is 1. The van der Waals surface area contributed by atoms with Crippen LogP contribution in [0.15, 0.2) is 18.2 Å². The number of methoxy groups -OCH3 is 2. The summed E-state index contributed by atoms with van der Waals surface area (Å²) in [6, 6.07) is 4.98. The summed E-state index contributed by atoms with van der Waals surface area (Å²) >= 11 is 1.22. The van der Waals surface area contributed by atoms with Crippen LogP contribution in [0.4, 0.5) is 10.9 Å². The summed E-state index contributed by atoms with van der Waals surface area (Å²) in [5.74, 6) is 1.09. The number of hydrogen-bond donors (Lipinski definition) is 2. The lowest BCUT2D eigenvalue weighted by atomic mass is 10.1. The lowest BCUT2D eigenvalue weighted by molar-refractivity contribution is 0.104. The second kappa shape index (κ2) is 5.79. The Labute approximate surface area is 120 Å². The lowest BCUT2D eigenvalue weighted by Crippen LogP contribution is -2.03. The molecule has 7 heteroatoms. The molecule has 2 aromatic rings. The zero-order chi connectivity index (χ0) is 14.7. The van der Waals surface area contributed by atoms with Crippen LogP contribution in [0.2, 0.25) is 0 Å². The molecule has 0 radical (unpaired) electrons. The molecule has 6 nitrogen and oxygen atoms in total. The van der Waals surface area contributed by atoms with E-state index in [2.05, 4.69) is 10.3 Å². The van der Waals surface area contributed by atoms with Gasteiger partial charge >= 0.3 is 0 Å². The Hall–Kier alpha value is -2.28. The zero-order valence-electron chi connectivity index (χ0n) is 11.4. The van der Waals surface area contributed by atoms with Crippen molar-refractivity contribution in [2.24, 2.45) is 0 Å². The standard InChI is InChI=1S/C13H15N3O3S/c1-15-13-16-12(14)11(20-13)10(17)7-4-5-8(18-2)9(6-7)19-3/h4-6H,14H2,1-3H3,(H,15,16). The van der Waals surface area contributed by atoms with E-state index >= 15 is 0 Å². The monoisotopic (exact) mass is 293 g/mol. The lowest BCUT2D eigenvalue weighted by Gasteiger charge is -2.08. The van der Waals surface area contributed by atoms with Gasteiger partial charge in [0.15, 0.2) is 16.6 Å². The Balaban J connectivity index is 2.40. The number of nitrogens with two attached hydrogens (primary N) is 1. The van der Waals surface area contributed by atoms with Gasteiger partial charge in [-0.2, -0.15) is 0 Å². The number of ether oxygens (including phenoxy) is 2. The third kappa shape index (κ3) is 2.53. The number of nitrogens with zero attached hydrogens (tertiary/aromatic N) is 1. The van der Waals surface area contributed by atoms with Gasteiger partial charge in [-0.15, -0.1) is 0 Å². The highest BCUT2D eigenvalue weighted by Crippen LogP contribution is 2.31. The van der Waals surface area contributed by atoms with Gasteiger partial charge in [0, 0.05) is 12.6 Å². The average molecular weight is 293 g/mol. The fourth-order valence-electron chi connectivity index (χ4n) is 1.71. The maximum absolute atomic E-state index is 12.4. The van der Waals surface area contributed by atoms with Gasteiger partial charge in [-0.05, 0) is 18.2 Å². The maximum Gasteiger partial charge on any atom is 0.206 e. The first-order chi connectivity index (χ1) is 9.60. The quantitative estimate of drug-likeness (QED) is 0.820. The number of anilines is 2. The molecule has 106 valence electrons. The number of aromatic nitrogens is 1. The summed E-state index contributed by atoms with van der Waals surface area (Å²) in [6.45, 7) is 0. The predicted molar refractivity (Wildman–Crippen MR) is 79.1 cm³/mol. The summed E-state index contributed by atoms with van der Waals surface area (Å²) in [5.41, 5.74) is 6.24. The van der Waals surface area contributed by atoms with Crippen LogP contribution in [0.3, 0.4) is 0 Å². The Bertz CT molecular complexity index is 640. The van der Waals surface area contributed by atoms with Crippen molar-refractivity contribution in [1.82, 2.24) is 4.98 Å². The Morgan fingerprint density at radius 1 is 1.30 bits per heavy atom. The van der Waals surface area contributed by atoms with Gasteiger partial charge in [-0.3, -0.25) is 4.79 Å². The number of nitrogen functional groups attached to an aromatic ring is 1. The molecule has 20 heavy (non-hydrogen) atoms. The fourth-order valence-corrected chi connectivity index (χ4v) is 2.51. The summed E-state index contributed by atoms with van der Waals surface area (Å²) < 4.78 is 10.3. The zero-order valence-corrected chi connectivity index (χ0v) is 12.2. The molecule has 0 aliphatic carbocycles. The molecule has 0 aliphatic rings. The summed E-state index contributed by atoms with van der Waals surface area (Å²) in [6.07, 6.45) is 0. The number of rotatable bonds is 5. The van der Waals surface area contributed by atoms with Gasteiger partial charge in [-0.25, -0.2) is 4.98 Å². The molecule has 1 heterocycles. The van der Waals surface area contributed by atoms with Crippen LogP contribution in [-0.2, 0) is 0 Å². The van der Waals surface area contributed by atoms with E-state index in [1.165, 1.54) is 18.4 Å². The number of hydrogen-bond acceptors (Lipinski definition) is 7. The van der Waals surface area contributed by atoms with E-state index in [-0.39, 0.29) is 11.6 Å². The van der Waals surface area contributed by atoms with Crippen molar-refractivity contribution in [3.63, 3.8) is 0 Å². The van der Waals surface area contributed by atoms with Crippen LogP contribution in [0.5, 0.6) is 11.5 Å². The first-order valence-corrected chi connectivity index (χ1v) is 6.63. The largest absolute Gasteiger partial charge is 0.493 e. The van der Waals surface area contributed by atoms with Crippen molar-refractivity contribution in [3.05, 3.63) is 28.6 Å². The normalized spacial score (nSPS) is 10.2. The second-order valence-electron chi connectivity index (χ2n) is 3.88.